The molecule has 1 aromatic carbocycles. The molecule has 5 nitrogen and oxygen atoms in total. The predicted molar refractivity (Wildman–Crippen MR) is 80.7 cm³/mol. The highest BCUT2D eigenvalue weighted by Gasteiger charge is 2.08. The SMILES string of the molecule is CCOCCCNC(=O)/C(C#N)=C/c1ccc(OC)cc1. The largest absolute Gasteiger partial charge is 0.497 e. The van der Waals surface area contributed by atoms with Crippen molar-refractivity contribution in [2.24, 2.45) is 0 Å². The Kier molecular flexibility index (Phi) is 7.62. The summed E-state index contributed by atoms with van der Waals surface area (Å²) in [6, 6.07) is 9.06. The van der Waals surface area contributed by atoms with Crippen LogP contribution in [0.5, 0.6) is 5.75 Å². The lowest BCUT2D eigenvalue weighted by Crippen LogP contribution is -2.26. The Morgan fingerprint density at radius 2 is 2.10 bits per heavy atom. The van der Waals surface area contributed by atoms with Crippen molar-refractivity contribution in [3.63, 3.8) is 0 Å². The first kappa shape index (κ1) is 16.7. The number of rotatable bonds is 8. The van der Waals surface area contributed by atoms with Crippen molar-refractivity contribution in [3.05, 3.63) is 35.4 Å². The van der Waals surface area contributed by atoms with Crippen LogP contribution in [-0.4, -0.2) is 32.8 Å². The zero-order valence-electron chi connectivity index (χ0n) is 12.4. The number of nitrogens with one attached hydrogen (secondary N) is 1. The van der Waals surface area contributed by atoms with Crippen molar-refractivity contribution in [1.29, 1.82) is 5.26 Å². The average molecular weight is 288 g/mol. The van der Waals surface area contributed by atoms with Crippen molar-refractivity contribution < 1.29 is 14.3 Å². The smallest absolute Gasteiger partial charge is 0.261 e. The second-order valence-electron chi connectivity index (χ2n) is 4.25. The van der Waals surface area contributed by atoms with Crippen LogP contribution in [-0.2, 0) is 9.53 Å². The number of amides is 1. The van der Waals surface area contributed by atoms with Crippen LogP contribution < -0.4 is 10.1 Å². The summed E-state index contributed by atoms with van der Waals surface area (Å²) in [6.07, 6.45) is 2.28. The molecule has 0 spiro atoms. The van der Waals surface area contributed by atoms with Crippen molar-refractivity contribution in [2.75, 3.05) is 26.9 Å². The Labute approximate surface area is 125 Å². The number of ether oxygens (including phenoxy) is 2. The summed E-state index contributed by atoms with van der Waals surface area (Å²) in [6.45, 7) is 3.67. The number of nitriles is 1. The minimum absolute atomic E-state index is 0.0802. The van der Waals surface area contributed by atoms with E-state index in [9.17, 15) is 4.79 Å². The number of carbonyl (C=O) groups excluding carboxylic acids is 1. The minimum atomic E-state index is -0.371. The molecule has 0 heterocycles. The van der Waals surface area contributed by atoms with E-state index in [0.717, 1.165) is 17.7 Å². The lowest BCUT2D eigenvalue weighted by molar-refractivity contribution is -0.117. The Morgan fingerprint density at radius 1 is 1.38 bits per heavy atom. The first-order valence-corrected chi connectivity index (χ1v) is 6.83. The summed E-state index contributed by atoms with van der Waals surface area (Å²) >= 11 is 0. The molecule has 0 atom stereocenters. The summed E-state index contributed by atoms with van der Waals surface area (Å²) in [7, 11) is 1.58. The van der Waals surface area contributed by atoms with E-state index in [2.05, 4.69) is 5.32 Å². The fraction of sp³-hybridized carbons (Fsp3) is 0.375. The fourth-order valence-electron chi connectivity index (χ4n) is 1.63. The summed E-state index contributed by atoms with van der Waals surface area (Å²) in [5, 5.41) is 11.8. The van der Waals surface area contributed by atoms with Crippen LogP contribution >= 0.6 is 0 Å². The van der Waals surface area contributed by atoms with Crippen molar-refractivity contribution in [3.8, 4) is 11.8 Å². The molecule has 0 saturated carbocycles. The Hall–Kier alpha value is -2.32. The molecular weight excluding hydrogens is 268 g/mol. The van der Waals surface area contributed by atoms with Gasteiger partial charge in [-0.05, 0) is 37.1 Å². The molecule has 5 heteroatoms. The first-order valence-electron chi connectivity index (χ1n) is 6.83. The standard InChI is InChI=1S/C16H20N2O3/c1-3-21-10-4-9-18-16(19)14(12-17)11-13-5-7-15(20-2)8-6-13/h5-8,11H,3-4,9-10H2,1-2H3,(H,18,19)/b14-11+. The van der Waals surface area contributed by atoms with Crippen LogP contribution in [0.1, 0.15) is 18.9 Å². The highest BCUT2D eigenvalue weighted by molar-refractivity contribution is 6.01. The summed E-state index contributed by atoms with van der Waals surface area (Å²) in [4.78, 5) is 11.9. The number of carbonyl (C=O) groups is 1. The molecule has 21 heavy (non-hydrogen) atoms. The topological polar surface area (TPSA) is 71.3 Å². The van der Waals surface area contributed by atoms with Gasteiger partial charge in [0.05, 0.1) is 7.11 Å². The number of benzene rings is 1. The quantitative estimate of drug-likeness (QED) is 0.452. The van der Waals surface area contributed by atoms with E-state index >= 15 is 0 Å². The van der Waals surface area contributed by atoms with Gasteiger partial charge in [-0.1, -0.05) is 12.1 Å². The second kappa shape index (κ2) is 9.56. The number of hydrogen-bond donors (Lipinski definition) is 1. The third kappa shape index (κ3) is 6.11. The van der Waals surface area contributed by atoms with E-state index in [4.69, 9.17) is 14.7 Å². The van der Waals surface area contributed by atoms with E-state index in [1.165, 1.54) is 0 Å². The highest BCUT2D eigenvalue weighted by Crippen LogP contribution is 2.13. The number of methoxy groups -OCH3 is 1. The number of hydrogen-bond acceptors (Lipinski definition) is 4. The monoisotopic (exact) mass is 288 g/mol. The number of nitrogens with zero attached hydrogens (tertiary/aromatic N) is 1. The van der Waals surface area contributed by atoms with Crippen LogP contribution in [0.15, 0.2) is 29.8 Å². The molecule has 0 aliphatic carbocycles. The van der Waals surface area contributed by atoms with Gasteiger partial charge in [0, 0.05) is 19.8 Å². The highest BCUT2D eigenvalue weighted by atomic mass is 16.5. The third-order valence-electron chi connectivity index (χ3n) is 2.75. The molecule has 0 fully saturated rings. The third-order valence-corrected chi connectivity index (χ3v) is 2.75. The van der Waals surface area contributed by atoms with Gasteiger partial charge in [-0.3, -0.25) is 4.79 Å². The maximum atomic E-state index is 11.9. The van der Waals surface area contributed by atoms with Crippen LogP contribution in [0.25, 0.3) is 6.08 Å². The van der Waals surface area contributed by atoms with Crippen LogP contribution in [0.2, 0.25) is 0 Å². The average Bonchev–Trinajstić information content (AvgIpc) is 2.52. The maximum absolute atomic E-state index is 11.9. The van der Waals surface area contributed by atoms with E-state index in [-0.39, 0.29) is 11.5 Å². The predicted octanol–water partition coefficient (Wildman–Crippen LogP) is 2.14. The molecule has 1 aromatic rings. The Balaban J connectivity index is 2.57. The van der Waals surface area contributed by atoms with Gasteiger partial charge in [-0.25, -0.2) is 0 Å². The molecule has 1 amide bonds. The Morgan fingerprint density at radius 3 is 2.67 bits per heavy atom. The van der Waals surface area contributed by atoms with Crippen LogP contribution in [0.4, 0.5) is 0 Å². The summed E-state index contributed by atoms with van der Waals surface area (Å²) in [5.41, 5.74) is 0.855. The molecule has 1 N–H and O–H groups in total. The summed E-state index contributed by atoms with van der Waals surface area (Å²) in [5.74, 6) is 0.357. The molecule has 0 saturated heterocycles. The van der Waals surface area contributed by atoms with E-state index < -0.39 is 0 Å². The van der Waals surface area contributed by atoms with Gasteiger partial charge in [0.2, 0.25) is 0 Å². The molecule has 0 bridgehead atoms. The van der Waals surface area contributed by atoms with E-state index in [1.807, 2.05) is 13.0 Å². The van der Waals surface area contributed by atoms with Gasteiger partial charge in [-0.15, -0.1) is 0 Å². The second-order valence-corrected chi connectivity index (χ2v) is 4.25. The normalized spacial score (nSPS) is 10.8. The van der Waals surface area contributed by atoms with E-state index in [1.54, 1.807) is 37.5 Å². The first-order chi connectivity index (χ1) is 10.2. The van der Waals surface area contributed by atoms with Crippen LogP contribution in [0, 0.1) is 11.3 Å². The fourth-order valence-corrected chi connectivity index (χ4v) is 1.63. The van der Waals surface area contributed by atoms with Crippen molar-refractivity contribution >= 4 is 12.0 Å². The van der Waals surface area contributed by atoms with E-state index in [0.29, 0.717) is 19.8 Å². The molecule has 112 valence electrons. The minimum Gasteiger partial charge on any atom is -0.497 e. The van der Waals surface area contributed by atoms with Gasteiger partial charge in [0.1, 0.15) is 17.4 Å². The van der Waals surface area contributed by atoms with Gasteiger partial charge in [-0.2, -0.15) is 5.26 Å². The zero-order chi connectivity index (χ0) is 15.5. The van der Waals surface area contributed by atoms with Crippen molar-refractivity contribution in [1.82, 2.24) is 5.32 Å². The van der Waals surface area contributed by atoms with Crippen molar-refractivity contribution in [2.45, 2.75) is 13.3 Å². The van der Waals surface area contributed by atoms with Gasteiger partial charge < -0.3 is 14.8 Å². The molecule has 0 unspecified atom stereocenters. The van der Waals surface area contributed by atoms with Crippen LogP contribution in [0.3, 0.4) is 0 Å². The molecule has 1 rings (SSSR count). The Bertz CT molecular complexity index is 515. The van der Waals surface area contributed by atoms with Gasteiger partial charge in [0.25, 0.3) is 5.91 Å². The maximum Gasteiger partial charge on any atom is 0.261 e. The molecule has 0 aliphatic heterocycles. The molecular formula is C16H20N2O3. The molecule has 0 aromatic heterocycles. The zero-order valence-corrected chi connectivity index (χ0v) is 12.4. The molecule has 0 aliphatic rings. The summed E-state index contributed by atoms with van der Waals surface area (Å²) < 4.78 is 10.2. The molecule has 0 radical (unpaired) electrons. The lowest BCUT2D eigenvalue weighted by atomic mass is 10.1. The van der Waals surface area contributed by atoms with Gasteiger partial charge in [0.15, 0.2) is 0 Å². The van der Waals surface area contributed by atoms with Gasteiger partial charge >= 0.3 is 0 Å². The lowest BCUT2D eigenvalue weighted by Gasteiger charge is -2.05.